The highest BCUT2D eigenvalue weighted by Gasteiger charge is 2.38. The number of phenols is 1. The number of carbonyl (C=O) groups excluding carboxylic acids is 3. The first-order valence-electron chi connectivity index (χ1n) is 12.9. The topological polar surface area (TPSA) is 108 Å². The van der Waals surface area contributed by atoms with Crippen LogP contribution in [0.3, 0.4) is 0 Å². The predicted octanol–water partition coefficient (Wildman–Crippen LogP) is 5.64. The van der Waals surface area contributed by atoms with Crippen LogP contribution in [0, 0.1) is 19.8 Å². The fourth-order valence-electron chi connectivity index (χ4n) is 4.09. The Kier molecular flexibility index (Phi) is 10.5. The van der Waals surface area contributed by atoms with E-state index >= 15 is 0 Å². The molecule has 0 saturated carbocycles. The van der Waals surface area contributed by atoms with E-state index in [-0.39, 0.29) is 18.2 Å². The van der Waals surface area contributed by atoms with Crippen molar-refractivity contribution in [2.24, 2.45) is 5.92 Å². The molecular formula is C30H41N3O5. The molecule has 2 rings (SSSR count). The minimum atomic E-state index is -1.06. The molecule has 3 unspecified atom stereocenters. The average Bonchev–Trinajstić information content (AvgIpc) is 2.83. The van der Waals surface area contributed by atoms with E-state index in [1.54, 1.807) is 39.0 Å². The summed E-state index contributed by atoms with van der Waals surface area (Å²) in [6, 6.07) is 9.84. The van der Waals surface area contributed by atoms with Gasteiger partial charge < -0.3 is 25.4 Å². The van der Waals surface area contributed by atoms with E-state index in [1.165, 1.54) is 17.0 Å². The van der Waals surface area contributed by atoms with Gasteiger partial charge in [0.2, 0.25) is 5.91 Å². The first kappa shape index (κ1) is 30.4. The molecule has 206 valence electrons. The zero-order chi connectivity index (χ0) is 28.6. The quantitative estimate of drug-likeness (QED) is 0.349. The summed E-state index contributed by atoms with van der Waals surface area (Å²) in [4.78, 5) is 42.0. The molecule has 3 N–H and O–H groups in total. The molecule has 0 fully saturated rings. The fourth-order valence-corrected chi connectivity index (χ4v) is 4.09. The first-order chi connectivity index (χ1) is 17.8. The number of anilines is 1. The molecular weight excluding hydrogens is 482 g/mol. The lowest BCUT2D eigenvalue weighted by Crippen LogP contribution is -2.54. The number of nitrogens with zero attached hydrogens (tertiary/aromatic N) is 1. The predicted molar refractivity (Wildman–Crippen MR) is 150 cm³/mol. The molecule has 0 saturated heterocycles. The van der Waals surface area contributed by atoms with Crippen LogP contribution in [0.15, 0.2) is 55.1 Å². The van der Waals surface area contributed by atoms with Gasteiger partial charge in [-0.05, 0) is 69.4 Å². The highest BCUT2D eigenvalue weighted by molar-refractivity contribution is 6.00. The summed E-state index contributed by atoms with van der Waals surface area (Å²) in [5.41, 5.74) is 2.19. The molecule has 0 spiro atoms. The maximum absolute atomic E-state index is 14.1. The highest BCUT2D eigenvalue weighted by atomic mass is 16.6. The molecule has 2 aromatic carbocycles. The minimum Gasteiger partial charge on any atom is -0.508 e. The lowest BCUT2D eigenvalue weighted by atomic mass is 9.95. The molecule has 8 heteroatoms. The Hall–Kier alpha value is -3.81. The van der Waals surface area contributed by atoms with E-state index < -0.39 is 35.6 Å². The molecule has 0 bridgehead atoms. The minimum absolute atomic E-state index is 0.0355. The Labute approximate surface area is 226 Å². The summed E-state index contributed by atoms with van der Waals surface area (Å²) in [5, 5.41) is 15.6. The van der Waals surface area contributed by atoms with Gasteiger partial charge in [-0.2, -0.15) is 0 Å². The molecule has 0 aliphatic heterocycles. The van der Waals surface area contributed by atoms with Gasteiger partial charge in [0.15, 0.2) is 0 Å². The molecule has 0 heterocycles. The van der Waals surface area contributed by atoms with Gasteiger partial charge in [-0.25, -0.2) is 4.79 Å². The van der Waals surface area contributed by atoms with Crippen molar-refractivity contribution >= 4 is 23.6 Å². The largest absolute Gasteiger partial charge is 0.508 e. The van der Waals surface area contributed by atoms with Gasteiger partial charge in [0.25, 0.3) is 5.91 Å². The van der Waals surface area contributed by atoms with Gasteiger partial charge in [-0.1, -0.05) is 56.7 Å². The van der Waals surface area contributed by atoms with Gasteiger partial charge in [0.1, 0.15) is 23.4 Å². The zero-order valence-corrected chi connectivity index (χ0v) is 23.5. The van der Waals surface area contributed by atoms with Crippen LogP contribution in [0.4, 0.5) is 10.5 Å². The van der Waals surface area contributed by atoms with Gasteiger partial charge >= 0.3 is 6.09 Å². The third-order valence-electron chi connectivity index (χ3n) is 6.26. The summed E-state index contributed by atoms with van der Waals surface area (Å²) >= 11 is 0. The zero-order valence-electron chi connectivity index (χ0n) is 23.5. The average molecular weight is 524 g/mol. The lowest BCUT2D eigenvalue weighted by molar-refractivity contribution is -0.141. The molecule has 0 aromatic heterocycles. The highest BCUT2D eigenvalue weighted by Crippen LogP contribution is 2.29. The van der Waals surface area contributed by atoms with Crippen molar-refractivity contribution in [1.29, 1.82) is 0 Å². The molecule has 3 amide bonds. The summed E-state index contributed by atoms with van der Waals surface area (Å²) in [7, 11) is 0. The Balaban J connectivity index is 2.55. The second kappa shape index (κ2) is 13.1. The SMILES string of the molecule is C=CCN(C(=O)C(NC(=O)OC(C)(C)C)C(C)CC)C(C(=O)Nc1c(C)cccc1C)c1ccc(O)cc1. The van der Waals surface area contributed by atoms with E-state index in [9.17, 15) is 19.5 Å². The van der Waals surface area contributed by atoms with Gasteiger partial charge in [-0.15, -0.1) is 6.58 Å². The van der Waals surface area contributed by atoms with E-state index in [2.05, 4.69) is 17.2 Å². The van der Waals surface area contributed by atoms with Gasteiger partial charge in [-0.3, -0.25) is 9.59 Å². The van der Waals surface area contributed by atoms with Crippen LogP contribution in [0.25, 0.3) is 0 Å². The molecule has 3 atom stereocenters. The number of carbonyl (C=O) groups is 3. The number of hydrogen-bond donors (Lipinski definition) is 3. The fraction of sp³-hybridized carbons (Fsp3) is 0.433. The maximum atomic E-state index is 14.1. The standard InChI is InChI=1S/C30H41N3O5/c1-9-18-33(28(36)25(19(3)10-2)32-29(37)38-30(6,7)8)26(22-14-16-23(34)17-15-22)27(35)31-24-20(4)12-11-13-21(24)5/h9,11-17,19,25-26,34H,1,10,18H2,2-8H3,(H,31,35)(H,32,37). The lowest BCUT2D eigenvalue weighted by Gasteiger charge is -2.35. The Morgan fingerprint density at radius 2 is 1.66 bits per heavy atom. The van der Waals surface area contributed by atoms with Crippen molar-refractivity contribution in [2.45, 2.75) is 72.6 Å². The van der Waals surface area contributed by atoms with Crippen LogP contribution in [-0.4, -0.2) is 46.1 Å². The number of rotatable bonds is 10. The van der Waals surface area contributed by atoms with Crippen LogP contribution < -0.4 is 10.6 Å². The summed E-state index contributed by atoms with van der Waals surface area (Å²) in [6.07, 6.45) is 1.43. The second-order valence-electron chi connectivity index (χ2n) is 10.5. The van der Waals surface area contributed by atoms with Crippen molar-refractivity contribution in [3.8, 4) is 5.75 Å². The van der Waals surface area contributed by atoms with Crippen molar-refractivity contribution < 1.29 is 24.2 Å². The number of alkyl carbamates (subject to hydrolysis) is 1. The molecule has 0 radical (unpaired) electrons. The van der Waals surface area contributed by atoms with Gasteiger partial charge in [0, 0.05) is 12.2 Å². The van der Waals surface area contributed by atoms with Gasteiger partial charge in [0.05, 0.1) is 0 Å². The van der Waals surface area contributed by atoms with Crippen LogP contribution in [0.1, 0.15) is 63.8 Å². The van der Waals surface area contributed by atoms with Crippen LogP contribution in [-0.2, 0) is 14.3 Å². The smallest absolute Gasteiger partial charge is 0.408 e. The first-order valence-corrected chi connectivity index (χ1v) is 12.9. The number of ether oxygens (including phenoxy) is 1. The van der Waals surface area contributed by atoms with E-state index in [0.717, 1.165) is 11.1 Å². The summed E-state index contributed by atoms with van der Waals surface area (Å²) in [6.45, 7) is 16.7. The number of benzene rings is 2. The second-order valence-corrected chi connectivity index (χ2v) is 10.5. The molecule has 8 nitrogen and oxygen atoms in total. The van der Waals surface area contributed by atoms with E-state index in [4.69, 9.17) is 4.74 Å². The molecule has 38 heavy (non-hydrogen) atoms. The maximum Gasteiger partial charge on any atom is 0.408 e. The number of amides is 3. The van der Waals surface area contributed by atoms with E-state index in [1.807, 2.05) is 45.9 Å². The van der Waals surface area contributed by atoms with Crippen LogP contribution in [0.2, 0.25) is 0 Å². The summed E-state index contributed by atoms with van der Waals surface area (Å²) in [5.74, 6) is -1.08. The van der Waals surface area contributed by atoms with Crippen molar-refractivity contribution in [2.75, 3.05) is 11.9 Å². The Bertz CT molecular complexity index is 1120. The van der Waals surface area contributed by atoms with Crippen molar-refractivity contribution in [1.82, 2.24) is 10.2 Å². The van der Waals surface area contributed by atoms with Crippen molar-refractivity contribution in [3.63, 3.8) is 0 Å². The molecule has 2 aromatic rings. The van der Waals surface area contributed by atoms with Crippen molar-refractivity contribution in [3.05, 3.63) is 71.8 Å². The summed E-state index contributed by atoms with van der Waals surface area (Å²) < 4.78 is 5.42. The number of hydrogen-bond acceptors (Lipinski definition) is 5. The number of nitrogens with one attached hydrogen (secondary N) is 2. The third-order valence-corrected chi connectivity index (χ3v) is 6.26. The Morgan fingerprint density at radius 3 is 2.16 bits per heavy atom. The number of para-hydroxylation sites is 1. The van der Waals surface area contributed by atoms with E-state index in [0.29, 0.717) is 17.7 Å². The normalized spacial score (nSPS) is 13.6. The third kappa shape index (κ3) is 8.10. The molecule has 0 aliphatic rings. The number of aromatic hydroxyl groups is 1. The van der Waals surface area contributed by atoms with Crippen LogP contribution in [0.5, 0.6) is 5.75 Å². The van der Waals surface area contributed by atoms with Crippen LogP contribution >= 0.6 is 0 Å². The number of phenolic OH excluding ortho intramolecular Hbond substituents is 1. The number of aryl methyl sites for hydroxylation is 2. The Morgan fingerprint density at radius 1 is 1.08 bits per heavy atom. The molecule has 0 aliphatic carbocycles. The monoisotopic (exact) mass is 523 g/mol.